The lowest BCUT2D eigenvalue weighted by molar-refractivity contribution is -0.129. The largest absolute Gasteiger partial charge is 0.444 e. The molecule has 5 nitrogen and oxygen atoms in total. The van der Waals surface area contributed by atoms with Gasteiger partial charge in [-0.15, -0.1) is 0 Å². The molecule has 0 atom stereocenters. The molecule has 2 amide bonds. The minimum absolute atomic E-state index is 0.161. The monoisotopic (exact) mass is 296 g/mol. The van der Waals surface area contributed by atoms with E-state index < -0.39 is 11.7 Å². The molecule has 0 aromatic carbocycles. The average Bonchev–Trinajstić information content (AvgIpc) is 2.70. The zero-order valence-corrected chi connectivity index (χ0v) is 13.5. The van der Waals surface area contributed by atoms with E-state index in [9.17, 15) is 9.59 Å². The molecule has 0 spiro atoms. The zero-order valence-electron chi connectivity index (χ0n) is 13.5. The lowest BCUT2D eigenvalue weighted by Gasteiger charge is -2.34. The van der Waals surface area contributed by atoms with Crippen LogP contribution in [0.25, 0.3) is 0 Å². The van der Waals surface area contributed by atoms with Crippen molar-refractivity contribution in [3.05, 3.63) is 0 Å². The molecule has 2 fully saturated rings. The number of rotatable bonds is 4. The summed E-state index contributed by atoms with van der Waals surface area (Å²) in [6.07, 6.45) is 6.81. The molecule has 120 valence electrons. The van der Waals surface area contributed by atoms with Gasteiger partial charge in [-0.3, -0.25) is 4.79 Å². The number of ether oxygens (including phenoxy) is 1. The van der Waals surface area contributed by atoms with E-state index in [1.165, 1.54) is 0 Å². The van der Waals surface area contributed by atoms with Crippen molar-refractivity contribution in [3.8, 4) is 0 Å². The number of hydrogen-bond donors (Lipinski definition) is 2. The van der Waals surface area contributed by atoms with E-state index in [4.69, 9.17) is 4.74 Å². The molecule has 0 bridgehead atoms. The van der Waals surface area contributed by atoms with Crippen molar-refractivity contribution >= 4 is 12.0 Å². The molecule has 2 N–H and O–H groups in total. The third-order valence-corrected chi connectivity index (χ3v) is 4.39. The van der Waals surface area contributed by atoms with Crippen LogP contribution >= 0.6 is 0 Å². The molecule has 2 aliphatic carbocycles. The number of nitrogens with one attached hydrogen (secondary N) is 2. The maximum atomic E-state index is 12.2. The van der Waals surface area contributed by atoms with Crippen molar-refractivity contribution < 1.29 is 14.3 Å². The van der Waals surface area contributed by atoms with Gasteiger partial charge in [0.2, 0.25) is 5.91 Å². The quantitative estimate of drug-likeness (QED) is 0.838. The fraction of sp³-hybridized carbons (Fsp3) is 0.875. The summed E-state index contributed by atoms with van der Waals surface area (Å²) in [5.41, 5.74) is -0.772. The normalized spacial score (nSPS) is 21.5. The van der Waals surface area contributed by atoms with Crippen LogP contribution in [-0.4, -0.2) is 29.7 Å². The first-order valence-corrected chi connectivity index (χ1v) is 8.09. The number of alkyl carbamates (subject to hydrolysis) is 1. The van der Waals surface area contributed by atoms with Gasteiger partial charge in [0.1, 0.15) is 5.60 Å². The fourth-order valence-corrected chi connectivity index (χ4v) is 2.99. The summed E-state index contributed by atoms with van der Waals surface area (Å²) in [6, 6.07) is 0. The molecule has 5 heteroatoms. The van der Waals surface area contributed by atoms with E-state index in [-0.39, 0.29) is 17.4 Å². The molecule has 2 rings (SSSR count). The van der Waals surface area contributed by atoms with Crippen LogP contribution in [-0.2, 0) is 9.53 Å². The minimum Gasteiger partial charge on any atom is -0.444 e. The van der Waals surface area contributed by atoms with E-state index in [0.717, 1.165) is 44.9 Å². The maximum absolute atomic E-state index is 12.2. The molecule has 0 heterocycles. The zero-order chi connectivity index (χ0) is 15.5. The lowest BCUT2D eigenvalue weighted by Crippen LogP contribution is -2.56. The first kappa shape index (κ1) is 16.1. The van der Waals surface area contributed by atoms with E-state index in [1.807, 2.05) is 20.8 Å². The van der Waals surface area contributed by atoms with Crippen LogP contribution in [0, 0.1) is 5.92 Å². The van der Waals surface area contributed by atoms with Crippen LogP contribution in [0.4, 0.5) is 4.79 Å². The summed E-state index contributed by atoms with van der Waals surface area (Å²) in [7, 11) is 0. The Bertz CT molecular complexity index is 391. The summed E-state index contributed by atoms with van der Waals surface area (Å²) >= 11 is 0. The summed E-state index contributed by atoms with van der Waals surface area (Å²) in [5, 5.41) is 6.03. The second-order valence-corrected chi connectivity index (χ2v) is 7.46. The maximum Gasteiger partial charge on any atom is 0.407 e. The highest BCUT2D eigenvalue weighted by atomic mass is 16.6. The SMILES string of the molecule is CC(C)(C)OC(=O)NCC1(NC(=O)C2CCC2)CCCC1. The number of amides is 2. The molecule has 0 aliphatic heterocycles. The molecule has 2 aliphatic rings. The summed E-state index contributed by atoms with van der Waals surface area (Å²) in [6.45, 7) is 5.99. The second kappa shape index (κ2) is 6.24. The molecule has 2 saturated carbocycles. The highest BCUT2D eigenvalue weighted by Crippen LogP contribution is 2.32. The van der Waals surface area contributed by atoms with Crippen LogP contribution in [0.1, 0.15) is 65.7 Å². The Labute approximate surface area is 127 Å². The Hall–Kier alpha value is -1.26. The fourth-order valence-electron chi connectivity index (χ4n) is 2.99. The predicted octanol–water partition coefficient (Wildman–Crippen LogP) is 2.74. The van der Waals surface area contributed by atoms with Crippen molar-refractivity contribution in [1.29, 1.82) is 0 Å². The highest BCUT2D eigenvalue weighted by molar-refractivity contribution is 5.80. The standard InChI is InChI=1S/C16H28N2O3/c1-15(2,3)21-14(20)17-11-16(9-4-5-10-16)18-13(19)12-7-6-8-12/h12H,4-11H2,1-3H3,(H,17,20)(H,18,19). The van der Waals surface area contributed by atoms with Gasteiger partial charge in [0, 0.05) is 12.5 Å². The molecule has 0 aromatic rings. The molecule has 0 aromatic heterocycles. The predicted molar refractivity (Wildman–Crippen MR) is 80.9 cm³/mol. The third-order valence-electron chi connectivity index (χ3n) is 4.39. The topological polar surface area (TPSA) is 67.4 Å². The molecule has 0 radical (unpaired) electrons. The Morgan fingerprint density at radius 1 is 1.14 bits per heavy atom. The van der Waals surface area contributed by atoms with Gasteiger partial charge in [-0.2, -0.15) is 0 Å². The van der Waals surface area contributed by atoms with Gasteiger partial charge < -0.3 is 15.4 Å². The van der Waals surface area contributed by atoms with Gasteiger partial charge in [-0.1, -0.05) is 19.3 Å². The number of carbonyl (C=O) groups excluding carboxylic acids is 2. The van der Waals surface area contributed by atoms with Gasteiger partial charge in [-0.05, 0) is 46.5 Å². The van der Waals surface area contributed by atoms with E-state index >= 15 is 0 Å². The molecular weight excluding hydrogens is 268 g/mol. The van der Waals surface area contributed by atoms with Gasteiger partial charge in [-0.25, -0.2) is 4.79 Å². The van der Waals surface area contributed by atoms with Crippen molar-refractivity contribution in [2.24, 2.45) is 5.92 Å². The van der Waals surface area contributed by atoms with Crippen LogP contribution in [0.5, 0.6) is 0 Å². The molecule has 21 heavy (non-hydrogen) atoms. The minimum atomic E-state index is -0.498. The van der Waals surface area contributed by atoms with Crippen LogP contribution in [0.3, 0.4) is 0 Å². The summed E-state index contributed by atoms with van der Waals surface area (Å²) in [5.74, 6) is 0.346. The Balaban J connectivity index is 1.86. The van der Waals surface area contributed by atoms with Gasteiger partial charge in [0.25, 0.3) is 0 Å². The summed E-state index contributed by atoms with van der Waals surface area (Å²) in [4.78, 5) is 24.0. The van der Waals surface area contributed by atoms with E-state index in [1.54, 1.807) is 0 Å². The van der Waals surface area contributed by atoms with Gasteiger partial charge >= 0.3 is 6.09 Å². The Morgan fingerprint density at radius 3 is 2.24 bits per heavy atom. The Morgan fingerprint density at radius 2 is 1.76 bits per heavy atom. The molecular formula is C16H28N2O3. The van der Waals surface area contributed by atoms with Crippen molar-refractivity contribution in [1.82, 2.24) is 10.6 Å². The Kier molecular flexibility index (Phi) is 4.79. The smallest absolute Gasteiger partial charge is 0.407 e. The van der Waals surface area contributed by atoms with Gasteiger partial charge in [0.05, 0.1) is 5.54 Å². The number of hydrogen-bond acceptors (Lipinski definition) is 3. The van der Waals surface area contributed by atoms with Crippen molar-refractivity contribution in [2.45, 2.75) is 76.9 Å². The average molecular weight is 296 g/mol. The lowest BCUT2D eigenvalue weighted by atomic mass is 9.83. The highest BCUT2D eigenvalue weighted by Gasteiger charge is 2.38. The van der Waals surface area contributed by atoms with Gasteiger partial charge in [0.15, 0.2) is 0 Å². The van der Waals surface area contributed by atoms with Crippen molar-refractivity contribution in [3.63, 3.8) is 0 Å². The first-order valence-electron chi connectivity index (χ1n) is 8.09. The second-order valence-electron chi connectivity index (χ2n) is 7.46. The van der Waals surface area contributed by atoms with Crippen LogP contribution in [0.15, 0.2) is 0 Å². The van der Waals surface area contributed by atoms with Crippen LogP contribution < -0.4 is 10.6 Å². The van der Waals surface area contributed by atoms with Crippen LogP contribution in [0.2, 0.25) is 0 Å². The third kappa shape index (κ3) is 4.61. The molecule has 0 unspecified atom stereocenters. The first-order chi connectivity index (χ1) is 9.80. The summed E-state index contributed by atoms with van der Waals surface area (Å²) < 4.78 is 5.26. The van der Waals surface area contributed by atoms with E-state index in [2.05, 4.69) is 10.6 Å². The van der Waals surface area contributed by atoms with Crippen molar-refractivity contribution in [2.75, 3.05) is 6.54 Å². The molecule has 0 saturated heterocycles. The van der Waals surface area contributed by atoms with E-state index in [0.29, 0.717) is 6.54 Å². The number of carbonyl (C=O) groups is 2.